The van der Waals surface area contributed by atoms with Crippen LogP contribution in [-0.4, -0.2) is 24.1 Å². The number of dihydropyridines is 1. The van der Waals surface area contributed by atoms with Crippen LogP contribution in [0, 0.1) is 0 Å². The number of alkyl halides is 3. The third-order valence-corrected chi connectivity index (χ3v) is 1.81. The fourth-order valence-electron chi connectivity index (χ4n) is 0.934. The summed E-state index contributed by atoms with van der Waals surface area (Å²) in [5, 5.41) is 0. The predicted molar refractivity (Wildman–Crippen MR) is 43.2 cm³/mol. The minimum absolute atomic E-state index is 0.708. The van der Waals surface area contributed by atoms with Crippen LogP contribution in [0.3, 0.4) is 0 Å². The number of hydrogen-bond donors (Lipinski definition) is 2. The standard InChI is InChI=1S/C7H10F3N3/c1-6(12)2-4(7(8,9)10)3-13-5(6)11/h2-3,5H,11-12H2,1H3. The summed E-state index contributed by atoms with van der Waals surface area (Å²) in [5.41, 5.74) is 8.79. The monoisotopic (exact) mass is 193 g/mol. The van der Waals surface area contributed by atoms with Gasteiger partial charge in [-0.1, -0.05) is 0 Å². The molecule has 4 N–H and O–H groups in total. The van der Waals surface area contributed by atoms with Crippen LogP contribution in [-0.2, 0) is 0 Å². The molecule has 1 aliphatic heterocycles. The molecule has 0 saturated carbocycles. The average Bonchev–Trinajstić information content (AvgIpc) is 1.92. The Bertz CT molecular complexity index is 265. The van der Waals surface area contributed by atoms with Crippen LogP contribution in [0.15, 0.2) is 16.6 Å². The van der Waals surface area contributed by atoms with Gasteiger partial charge in [-0.2, -0.15) is 13.2 Å². The van der Waals surface area contributed by atoms with Gasteiger partial charge in [-0.3, -0.25) is 4.99 Å². The van der Waals surface area contributed by atoms with Crippen LogP contribution in [0.5, 0.6) is 0 Å². The summed E-state index contributed by atoms with van der Waals surface area (Å²) in [6.07, 6.45) is -3.63. The second-order valence-electron chi connectivity index (χ2n) is 3.19. The summed E-state index contributed by atoms with van der Waals surface area (Å²) in [5.74, 6) is 0. The van der Waals surface area contributed by atoms with Gasteiger partial charge in [-0.15, -0.1) is 0 Å². The van der Waals surface area contributed by atoms with Crippen molar-refractivity contribution in [3.8, 4) is 0 Å². The minimum Gasteiger partial charge on any atom is -0.319 e. The molecule has 1 rings (SSSR count). The number of aliphatic imine (C=N–C) groups is 1. The molecule has 74 valence electrons. The maximum absolute atomic E-state index is 12.2. The van der Waals surface area contributed by atoms with E-state index in [1.165, 1.54) is 6.92 Å². The molecular formula is C7H10F3N3. The molecule has 0 aromatic rings. The summed E-state index contributed by atoms with van der Waals surface area (Å²) < 4.78 is 36.5. The van der Waals surface area contributed by atoms with E-state index >= 15 is 0 Å². The first kappa shape index (κ1) is 10.2. The van der Waals surface area contributed by atoms with Crippen molar-refractivity contribution in [3.63, 3.8) is 0 Å². The molecule has 0 amide bonds. The van der Waals surface area contributed by atoms with Crippen molar-refractivity contribution in [2.75, 3.05) is 0 Å². The van der Waals surface area contributed by atoms with Crippen LogP contribution in [0.4, 0.5) is 13.2 Å². The number of rotatable bonds is 0. The highest BCUT2D eigenvalue weighted by molar-refractivity contribution is 5.82. The molecule has 0 spiro atoms. The van der Waals surface area contributed by atoms with Gasteiger partial charge in [0.1, 0.15) is 6.17 Å². The molecule has 3 nitrogen and oxygen atoms in total. The van der Waals surface area contributed by atoms with Crippen LogP contribution in [0.1, 0.15) is 6.92 Å². The highest BCUT2D eigenvalue weighted by atomic mass is 19.4. The van der Waals surface area contributed by atoms with Crippen LogP contribution in [0.2, 0.25) is 0 Å². The van der Waals surface area contributed by atoms with Crippen LogP contribution < -0.4 is 11.5 Å². The molecule has 2 atom stereocenters. The van der Waals surface area contributed by atoms with E-state index in [-0.39, 0.29) is 0 Å². The van der Waals surface area contributed by atoms with Gasteiger partial charge >= 0.3 is 6.18 Å². The lowest BCUT2D eigenvalue weighted by atomic mass is 9.94. The lowest BCUT2D eigenvalue weighted by molar-refractivity contribution is -0.0864. The highest BCUT2D eigenvalue weighted by Gasteiger charge is 2.38. The lowest BCUT2D eigenvalue weighted by Crippen LogP contribution is -2.52. The largest absolute Gasteiger partial charge is 0.417 e. The molecule has 1 heterocycles. The van der Waals surface area contributed by atoms with E-state index in [2.05, 4.69) is 4.99 Å². The Kier molecular flexibility index (Phi) is 2.21. The summed E-state index contributed by atoms with van der Waals surface area (Å²) in [7, 11) is 0. The lowest BCUT2D eigenvalue weighted by Gasteiger charge is -2.29. The van der Waals surface area contributed by atoms with Crippen molar-refractivity contribution in [2.24, 2.45) is 16.5 Å². The Morgan fingerprint density at radius 2 is 2.08 bits per heavy atom. The smallest absolute Gasteiger partial charge is 0.319 e. The normalized spacial score (nSPS) is 34.6. The summed E-state index contributed by atoms with van der Waals surface area (Å²) in [4.78, 5) is 3.47. The Morgan fingerprint density at radius 1 is 1.54 bits per heavy atom. The summed E-state index contributed by atoms with van der Waals surface area (Å²) >= 11 is 0. The fraction of sp³-hybridized carbons (Fsp3) is 0.571. The maximum Gasteiger partial charge on any atom is 0.417 e. The quantitative estimate of drug-likeness (QED) is 0.590. The van der Waals surface area contributed by atoms with Crippen molar-refractivity contribution in [3.05, 3.63) is 11.6 Å². The van der Waals surface area contributed by atoms with Gasteiger partial charge in [0.25, 0.3) is 0 Å². The number of allylic oxidation sites excluding steroid dienone is 1. The number of halogens is 3. The van der Waals surface area contributed by atoms with Gasteiger partial charge in [0.2, 0.25) is 0 Å². The molecule has 0 fully saturated rings. The fourth-order valence-corrected chi connectivity index (χ4v) is 0.934. The van der Waals surface area contributed by atoms with Crippen molar-refractivity contribution in [1.82, 2.24) is 0 Å². The summed E-state index contributed by atoms with van der Waals surface area (Å²) in [6, 6.07) is 0. The maximum atomic E-state index is 12.2. The van der Waals surface area contributed by atoms with Gasteiger partial charge in [0.05, 0.1) is 11.1 Å². The first-order valence-electron chi connectivity index (χ1n) is 3.61. The molecular weight excluding hydrogens is 183 g/mol. The first-order valence-corrected chi connectivity index (χ1v) is 3.61. The zero-order valence-electron chi connectivity index (χ0n) is 6.97. The first-order chi connectivity index (χ1) is 5.73. The number of nitrogens with two attached hydrogens (primary N) is 2. The molecule has 0 aliphatic carbocycles. The van der Waals surface area contributed by atoms with E-state index in [0.29, 0.717) is 6.21 Å². The molecule has 0 bridgehead atoms. The molecule has 0 aromatic heterocycles. The van der Waals surface area contributed by atoms with E-state index < -0.39 is 23.5 Å². The molecule has 1 aliphatic rings. The third-order valence-electron chi connectivity index (χ3n) is 1.81. The third kappa shape index (κ3) is 2.07. The Morgan fingerprint density at radius 3 is 2.46 bits per heavy atom. The van der Waals surface area contributed by atoms with E-state index in [4.69, 9.17) is 11.5 Å². The average molecular weight is 193 g/mol. The van der Waals surface area contributed by atoms with Gasteiger partial charge in [0.15, 0.2) is 0 Å². The summed E-state index contributed by atoms with van der Waals surface area (Å²) in [6.45, 7) is 1.40. The van der Waals surface area contributed by atoms with Crippen molar-refractivity contribution >= 4 is 6.21 Å². The van der Waals surface area contributed by atoms with E-state index in [9.17, 15) is 13.2 Å². The molecule has 0 radical (unpaired) electrons. The molecule has 0 saturated heterocycles. The van der Waals surface area contributed by atoms with E-state index in [1.807, 2.05) is 0 Å². The Hall–Kier alpha value is -0.880. The second kappa shape index (κ2) is 2.81. The van der Waals surface area contributed by atoms with Crippen molar-refractivity contribution < 1.29 is 13.2 Å². The highest BCUT2D eigenvalue weighted by Crippen LogP contribution is 2.28. The Labute approximate surface area is 73.3 Å². The zero-order chi connectivity index (χ0) is 10.3. The van der Waals surface area contributed by atoms with Gasteiger partial charge in [0, 0.05) is 6.21 Å². The van der Waals surface area contributed by atoms with Crippen molar-refractivity contribution in [2.45, 2.75) is 24.8 Å². The van der Waals surface area contributed by atoms with Gasteiger partial charge in [-0.05, 0) is 13.0 Å². The zero-order valence-corrected chi connectivity index (χ0v) is 6.97. The number of nitrogens with zero attached hydrogens (tertiary/aromatic N) is 1. The number of hydrogen-bond acceptors (Lipinski definition) is 3. The predicted octanol–water partition coefficient (Wildman–Crippen LogP) is 0.562. The van der Waals surface area contributed by atoms with Crippen LogP contribution >= 0.6 is 0 Å². The van der Waals surface area contributed by atoms with Gasteiger partial charge in [-0.25, -0.2) is 0 Å². The topological polar surface area (TPSA) is 64.4 Å². The van der Waals surface area contributed by atoms with Crippen LogP contribution in [0.25, 0.3) is 0 Å². The minimum atomic E-state index is -4.41. The van der Waals surface area contributed by atoms with E-state index in [0.717, 1.165) is 6.08 Å². The SMILES string of the molecule is CC1(N)C=C(C(F)(F)F)C=NC1N. The molecule has 6 heteroatoms. The second-order valence-corrected chi connectivity index (χ2v) is 3.19. The van der Waals surface area contributed by atoms with Crippen molar-refractivity contribution in [1.29, 1.82) is 0 Å². The van der Waals surface area contributed by atoms with Gasteiger partial charge < -0.3 is 11.5 Å². The molecule has 2 unspecified atom stereocenters. The Balaban J connectivity index is 2.99. The molecule has 13 heavy (non-hydrogen) atoms. The van der Waals surface area contributed by atoms with E-state index in [1.54, 1.807) is 0 Å². The molecule has 0 aromatic carbocycles.